The van der Waals surface area contributed by atoms with E-state index in [0.717, 1.165) is 0 Å². The second-order valence-electron chi connectivity index (χ2n) is 3.01. The summed E-state index contributed by atoms with van der Waals surface area (Å²) < 4.78 is 0. The molecule has 0 bridgehead atoms. The minimum atomic E-state index is -0.885. The maximum atomic E-state index is 10.5. The largest absolute Gasteiger partial charge is 0.481 e. The van der Waals surface area contributed by atoms with Crippen LogP contribution >= 0.6 is 0 Å². The molecule has 1 atom stereocenters. The van der Waals surface area contributed by atoms with E-state index < -0.39 is 5.97 Å². The Labute approximate surface area is 81.7 Å². The molecule has 0 aromatic carbocycles. The molecule has 5 N–H and O–H groups in total. The van der Waals surface area contributed by atoms with Crippen LogP contribution in [0.4, 0.5) is 5.82 Å². The normalized spacial score (nSPS) is 12.4. The smallest absolute Gasteiger partial charge is 0.304 e. The van der Waals surface area contributed by atoms with Crippen molar-refractivity contribution in [3.63, 3.8) is 0 Å². The van der Waals surface area contributed by atoms with E-state index in [1.807, 2.05) is 0 Å². The number of anilines is 1. The van der Waals surface area contributed by atoms with Crippen molar-refractivity contribution in [2.75, 3.05) is 12.3 Å². The van der Waals surface area contributed by atoms with Crippen LogP contribution in [0.15, 0.2) is 18.3 Å². The lowest BCUT2D eigenvalue weighted by atomic mass is 9.96. The molecular weight excluding hydrogens is 182 g/mol. The number of carboxylic acids is 1. The Kier molecular flexibility index (Phi) is 3.41. The standard InChI is InChI=1S/C9H13N3O2/c10-5-6(4-8(13)14)7-2-1-3-12-9(7)11/h1-3,6H,4-5,10H2,(H2,11,12)(H,13,14). The van der Waals surface area contributed by atoms with Crippen LogP contribution in [0.3, 0.4) is 0 Å². The molecule has 0 spiro atoms. The van der Waals surface area contributed by atoms with E-state index in [4.69, 9.17) is 16.6 Å². The van der Waals surface area contributed by atoms with E-state index in [-0.39, 0.29) is 18.9 Å². The van der Waals surface area contributed by atoms with Crippen LogP contribution in [0.25, 0.3) is 0 Å². The molecule has 0 amide bonds. The fraction of sp³-hybridized carbons (Fsp3) is 0.333. The minimum Gasteiger partial charge on any atom is -0.481 e. The van der Waals surface area contributed by atoms with Crippen molar-refractivity contribution in [1.82, 2.24) is 4.98 Å². The second-order valence-corrected chi connectivity index (χ2v) is 3.01. The van der Waals surface area contributed by atoms with Gasteiger partial charge >= 0.3 is 5.97 Å². The van der Waals surface area contributed by atoms with E-state index in [1.165, 1.54) is 0 Å². The Balaban J connectivity index is 2.89. The summed E-state index contributed by atoms with van der Waals surface area (Å²) in [7, 11) is 0. The van der Waals surface area contributed by atoms with Crippen LogP contribution in [0.5, 0.6) is 0 Å². The molecule has 0 fully saturated rings. The van der Waals surface area contributed by atoms with Gasteiger partial charge in [0.1, 0.15) is 5.82 Å². The van der Waals surface area contributed by atoms with Gasteiger partial charge in [0.05, 0.1) is 6.42 Å². The highest BCUT2D eigenvalue weighted by Gasteiger charge is 2.16. The fourth-order valence-electron chi connectivity index (χ4n) is 1.31. The molecule has 1 unspecified atom stereocenters. The number of hydrogen-bond acceptors (Lipinski definition) is 4. The Morgan fingerprint density at radius 2 is 2.36 bits per heavy atom. The summed E-state index contributed by atoms with van der Waals surface area (Å²) in [6.07, 6.45) is 1.54. The summed E-state index contributed by atoms with van der Waals surface area (Å²) in [6, 6.07) is 3.47. The van der Waals surface area contributed by atoms with Crippen molar-refractivity contribution in [1.29, 1.82) is 0 Å². The van der Waals surface area contributed by atoms with Crippen LogP contribution in [0, 0.1) is 0 Å². The first kappa shape index (κ1) is 10.5. The minimum absolute atomic E-state index is 0.0214. The molecule has 5 nitrogen and oxygen atoms in total. The first-order valence-corrected chi connectivity index (χ1v) is 4.27. The first-order valence-electron chi connectivity index (χ1n) is 4.27. The van der Waals surface area contributed by atoms with Gasteiger partial charge in [-0.2, -0.15) is 0 Å². The van der Waals surface area contributed by atoms with Gasteiger partial charge in [0.25, 0.3) is 0 Å². The quantitative estimate of drug-likeness (QED) is 0.636. The van der Waals surface area contributed by atoms with Crippen LogP contribution in [0.2, 0.25) is 0 Å². The molecule has 1 rings (SSSR count). The molecule has 5 heteroatoms. The van der Waals surface area contributed by atoms with Gasteiger partial charge in [-0.3, -0.25) is 4.79 Å². The topological polar surface area (TPSA) is 102 Å². The van der Waals surface area contributed by atoms with Crippen molar-refractivity contribution in [3.05, 3.63) is 23.9 Å². The Hall–Kier alpha value is -1.62. The lowest BCUT2D eigenvalue weighted by Gasteiger charge is -2.13. The highest BCUT2D eigenvalue weighted by molar-refractivity contribution is 5.68. The maximum Gasteiger partial charge on any atom is 0.304 e. The molecule has 0 radical (unpaired) electrons. The lowest BCUT2D eigenvalue weighted by Crippen LogP contribution is -2.17. The Morgan fingerprint density at radius 1 is 1.64 bits per heavy atom. The highest BCUT2D eigenvalue weighted by atomic mass is 16.4. The summed E-state index contributed by atoms with van der Waals surface area (Å²) in [5, 5.41) is 8.65. The molecule has 0 saturated carbocycles. The lowest BCUT2D eigenvalue weighted by molar-refractivity contribution is -0.137. The zero-order valence-corrected chi connectivity index (χ0v) is 7.68. The third-order valence-electron chi connectivity index (χ3n) is 2.02. The van der Waals surface area contributed by atoms with Crippen LogP contribution in [-0.2, 0) is 4.79 Å². The molecule has 1 heterocycles. The Bertz CT molecular complexity index is 328. The summed E-state index contributed by atoms with van der Waals surface area (Å²) in [5.41, 5.74) is 11.8. The zero-order valence-electron chi connectivity index (χ0n) is 7.68. The van der Waals surface area contributed by atoms with Crippen molar-refractivity contribution < 1.29 is 9.90 Å². The number of carboxylic acid groups (broad SMARTS) is 1. The number of aromatic nitrogens is 1. The van der Waals surface area contributed by atoms with E-state index in [0.29, 0.717) is 11.4 Å². The molecule has 1 aromatic rings. The van der Waals surface area contributed by atoms with Crippen LogP contribution < -0.4 is 11.5 Å². The van der Waals surface area contributed by atoms with E-state index >= 15 is 0 Å². The molecule has 0 aliphatic carbocycles. The van der Waals surface area contributed by atoms with Crippen molar-refractivity contribution >= 4 is 11.8 Å². The molecule has 76 valence electrons. The van der Waals surface area contributed by atoms with Crippen LogP contribution in [0.1, 0.15) is 17.9 Å². The fourth-order valence-corrected chi connectivity index (χ4v) is 1.31. The summed E-state index contributed by atoms with van der Waals surface area (Å²) in [5.74, 6) is -0.797. The van der Waals surface area contributed by atoms with E-state index in [9.17, 15) is 4.79 Å². The average molecular weight is 195 g/mol. The predicted octanol–water partition coefficient (Wildman–Crippen LogP) is 0.181. The third-order valence-corrected chi connectivity index (χ3v) is 2.02. The molecular formula is C9H13N3O2. The van der Waals surface area contributed by atoms with Gasteiger partial charge in [-0.05, 0) is 18.2 Å². The van der Waals surface area contributed by atoms with Gasteiger partial charge in [0, 0.05) is 12.1 Å². The Morgan fingerprint density at radius 3 is 2.86 bits per heavy atom. The third kappa shape index (κ3) is 2.43. The van der Waals surface area contributed by atoms with E-state index in [2.05, 4.69) is 4.98 Å². The average Bonchev–Trinajstić information content (AvgIpc) is 2.15. The second kappa shape index (κ2) is 4.57. The summed E-state index contributed by atoms with van der Waals surface area (Å²) in [4.78, 5) is 14.4. The monoisotopic (exact) mass is 195 g/mol. The number of pyridine rings is 1. The van der Waals surface area contributed by atoms with Gasteiger partial charge in [-0.1, -0.05) is 6.07 Å². The summed E-state index contributed by atoms with van der Waals surface area (Å²) >= 11 is 0. The molecule has 1 aromatic heterocycles. The number of carbonyl (C=O) groups is 1. The van der Waals surface area contributed by atoms with Crippen molar-refractivity contribution in [2.24, 2.45) is 5.73 Å². The SMILES string of the molecule is NCC(CC(=O)O)c1cccnc1N. The van der Waals surface area contributed by atoms with Crippen molar-refractivity contribution in [3.8, 4) is 0 Å². The number of nitrogens with two attached hydrogens (primary N) is 2. The van der Waals surface area contributed by atoms with Gasteiger partial charge in [-0.25, -0.2) is 4.98 Å². The number of rotatable bonds is 4. The van der Waals surface area contributed by atoms with Gasteiger partial charge in [-0.15, -0.1) is 0 Å². The number of nitrogen functional groups attached to an aromatic ring is 1. The number of hydrogen-bond donors (Lipinski definition) is 3. The highest BCUT2D eigenvalue weighted by Crippen LogP contribution is 2.22. The first-order chi connectivity index (χ1) is 6.65. The number of nitrogens with zero attached hydrogens (tertiary/aromatic N) is 1. The molecule has 0 aliphatic rings. The summed E-state index contributed by atoms with van der Waals surface area (Å²) in [6.45, 7) is 0.252. The van der Waals surface area contributed by atoms with Crippen molar-refractivity contribution in [2.45, 2.75) is 12.3 Å². The van der Waals surface area contributed by atoms with Crippen LogP contribution in [-0.4, -0.2) is 22.6 Å². The maximum absolute atomic E-state index is 10.5. The predicted molar refractivity (Wildman–Crippen MR) is 52.7 cm³/mol. The zero-order chi connectivity index (χ0) is 10.6. The van der Waals surface area contributed by atoms with Gasteiger partial charge in [0.15, 0.2) is 0 Å². The van der Waals surface area contributed by atoms with Gasteiger partial charge in [0.2, 0.25) is 0 Å². The van der Waals surface area contributed by atoms with E-state index in [1.54, 1.807) is 18.3 Å². The molecule has 0 aliphatic heterocycles. The molecule has 0 saturated heterocycles. The van der Waals surface area contributed by atoms with Gasteiger partial charge < -0.3 is 16.6 Å². The molecule has 14 heavy (non-hydrogen) atoms. The number of aliphatic carboxylic acids is 1.